The second-order valence-corrected chi connectivity index (χ2v) is 2.03. The van der Waals surface area contributed by atoms with Gasteiger partial charge in [-0.15, -0.1) is 0 Å². The second-order valence-electron chi connectivity index (χ2n) is 2.03. The van der Waals surface area contributed by atoms with Gasteiger partial charge in [0.1, 0.15) is 0 Å². The summed E-state index contributed by atoms with van der Waals surface area (Å²) in [6, 6.07) is 0. The fourth-order valence-corrected chi connectivity index (χ4v) is 0.660. The van der Waals surface area contributed by atoms with Crippen molar-refractivity contribution < 1.29 is 4.74 Å². The maximum absolute atomic E-state index is 5.05. The van der Waals surface area contributed by atoms with E-state index in [2.05, 4.69) is 13.8 Å². The van der Waals surface area contributed by atoms with E-state index in [-0.39, 0.29) is 0 Å². The molecule has 0 aromatic rings. The predicted molar refractivity (Wildman–Crippen MR) is 40.0 cm³/mol. The SMILES string of the molecule is [CH2]CCCCCOC[CH2]. The van der Waals surface area contributed by atoms with Crippen LogP contribution < -0.4 is 0 Å². The van der Waals surface area contributed by atoms with Crippen molar-refractivity contribution in [1.29, 1.82) is 0 Å². The van der Waals surface area contributed by atoms with Gasteiger partial charge >= 0.3 is 0 Å². The molecule has 0 saturated heterocycles. The Hall–Kier alpha value is -0.0400. The van der Waals surface area contributed by atoms with Gasteiger partial charge in [0.2, 0.25) is 0 Å². The molecule has 0 amide bonds. The highest BCUT2D eigenvalue weighted by Gasteiger charge is 1.85. The van der Waals surface area contributed by atoms with Gasteiger partial charge in [0.05, 0.1) is 0 Å². The summed E-state index contributed by atoms with van der Waals surface area (Å²) in [5.74, 6) is 0. The number of hydrogen-bond acceptors (Lipinski definition) is 1. The van der Waals surface area contributed by atoms with Gasteiger partial charge in [-0.05, 0) is 13.3 Å². The van der Waals surface area contributed by atoms with E-state index in [1.54, 1.807) is 0 Å². The van der Waals surface area contributed by atoms with E-state index in [1.165, 1.54) is 12.8 Å². The lowest BCUT2D eigenvalue weighted by Crippen LogP contribution is -1.92. The van der Waals surface area contributed by atoms with Gasteiger partial charge in [-0.25, -0.2) is 0 Å². The van der Waals surface area contributed by atoms with Crippen LogP contribution in [-0.4, -0.2) is 13.2 Å². The summed E-state index contributed by atoms with van der Waals surface area (Å²) < 4.78 is 5.05. The van der Waals surface area contributed by atoms with E-state index in [1.807, 2.05) is 0 Å². The molecule has 0 heterocycles. The van der Waals surface area contributed by atoms with Crippen molar-refractivity contribution in [2.45, 2.75) is 25.7 Å². The zero-order valence-electron chi connectivity index (χ0n) is 6.07. The first-order chi connectivity index (χ1) is 4.41. The zero-order chi connectivity index (χ0) is 6.95. The topological polar surface area (TPSA) is 9.23 Å². The quantitative estimate of drug-likeness (QED) is 0.498. The lowest BCUT2D eigenvalue weighted by atomic mass is 10.2. The van der Waals surface area contributed by atoms with E-state index in [4.69, 9.17) is 4.74 Å². The Labute approximate surface area is 58.4 Å². The molecule has 1 nitrogen and oxygen atoms in total. The first-order valence-corrected chi connectivity index (χ1v) is 3.58. The maximum Gasteiger partial charge on any atom is 0.0466 e. The Balaban J connectivity index is 2.60. The van der Waals surface area contributed by atoms with Crippen LogP contribution in [0.4, 0.5) is 0 Å². The molecule has 2 radical (unpaired) electrons. The summed E-state index contributed by atoms with van der Waals surface area (Å²) >= 11 is 0. The molecule has 0 spiro atoms. The zero-order valence-corrected chi connectivity index (χ0v) is 6.07. The lowest BCUT2D eigenvalue weighted by Gasteiger charge is -1.98. The molecule has 54 valence electrons. The summed E-state index contributed by atoms with van der Waals surface area (Å²) in [6.07, 6.45) is 4.67. The molecule has 0 bridgehead atoms. The third-order valence-electron chi connectivity index (χ3n) is 1.18. The van der Waals surface area contributed by atoms with Gasteiger partial charge in [0.25, 0.3) is 0 Å². The molecule has 0 unspecified atom stereocenters. The number of unbranched alkanes of at least 4 members (excludes halogenated alkanes) is 3. The fourth-order valence-electron chi connectivity index (χ4n) is 0.660. The highest BCUT2D eigenvalue weighted by Crippen LogP contribution is 1.97. The van der Waals surface area contributed by atoms with Crippen LogP contribution in [0.25, 0.3) is 0 Å². The van der Waals surface area contributed by atoms with Crippen LogP contribution in [0.5, 0.6) is 0 Å². The largest absolute Gasteiger partial charge is 0.381 e. The van der Waals surface area contributed by atoms with Gasteiger partial charge < -0.3 is 4.74 Å². The van der Waals surface area contributed by atoms with Crippen LogP contribution in [0.2, 0.25) is 0 Å². The van der Waals surface area contributed by atoms with Gasteiger partial charge in [0.15, 0.2) is 0 Å². The normalized spacial score (nSPS) is 10.0. The van der Waals surface area contributed by atoms with Crippen LogP contribution in [0.1, 0.15) is 25.7 Å². The number of hydrogen-bond donors (Lipinski definition) is 0. The first kappa shape index (κ1) is 8.96. The van der Waals surface area contributed by atoms with Gasteiger partial charge in [0, 0.05) is 13.2 Å². The van der Waals surface area contributed by atoms with Crippen molar-refractivity contribution in [2.75, 3.05) is 13.2 Å². The fraction of sp³-hybridized carbons (Fsp3) is 0.750. The summed E-state index contributed by atoms with van der Waals surface area (Å²) in [4.78, 5) is 0. The van der Waals surface area contributed by atoms with Crippen LogP contribution in [0.15, 0.2) is 0 Å². The monoisotopic (exact) mass is 128 g/mol. The molecular formula is C8H16O. The van der Waals surface area contributed by atoms with Crippen molar-refractivity contribution in [3.63, 3.8) is 0 Å². The molecule has 0 rings (SSSR count). The van der Waals surface area contributed by atoms with Crippen molar-refractivity contribution in [1.82, 2.24) is 0 Å². The molecule has 0 aromatic heterocycles. The maximum atomic E-state index is 5.05. The molecule has 0 fully saturated rings. The molecule has 0 aromatic carbocycles. The number of rotatable bonds is 6. The smallest absolute Gasteiger partial charge is 0.0466 e. The van der Waals surface area contributed by atoms with Gasteiger partial charge in [-0.2, -0.15) is 0 Å². The summed E-state index contributed by atoms with van der Waals surface area (Å²) in [5.41, 5.74) is 0. The van der Waals surface area contributed by atoms with Gasteiger partial charge in [-0.3, -0.25) is 0 Å². The lowest BCUT2D eigenvalue weighted by molar-refractivity contribution is 0.156. The summed E-state index contributed by atoms with van der Waals surface area (Å²) in [7, 11) is 0. The third-order valence-corrected chi connectivity index (χ3v) is 1.18. The average molecular weight is 128 g/mol. The minimum Gasteiger partial charge on any atom is -0.381 e. The Morgan fingerprint density at radius 1 is 1.00 bits per heavy atom. The van der Waals surface area contributed by atoms with E-state index >= 15 is 0 Å². The van der Waals surface area contributed by atoms with Crippen LogP contribution >= 0.6 is 0 Å². The van der Waals surface area contributed by atoms with E-state index in [9.17, 15) is 0 Å². The van der Waals surface area contributed by atoms with Crippen molar-refractivity contribution in [3.8, 4) is 0 Å². The molecule has 9 heavy (non-hydrogen) atoms. The van der Waals surface area contributed by atoms with E-state index in [0.29, 0.717) is 6.61 Å². The average Bonchev–Trinajstić information content (AvgIpc) is 1.89. The molecule has 0 aliphatic rings. The molecule has 0 aliphatic carbocycles. The van der Waals surface area contributed by atoms with Crippen LogP contribution in [0, 0.1) is 13.8 Å². The van der Waals surface area contributed by atoms with Crippen molar-refractivity contribution in [2.24, 2.45) is 0 Å². The minimum absolute atomic E-state index is 0.602. The standard InChI is InChI=1S/C8H16O/c1-3-5-6-7-8-9-4-2/h1-8H2. The second kappa shape index (κ2) is 7.96. The molecule has 0 N–H and O–H groups in total. The number of ether oxygens (including phenoxy) is 1. The Morgan fingerprint density at radius 2 is 1.78 bits per heavy atom. The Kier molecular flexibility index (Phi) is 7.92. The van der Waals surface area contributed by atoms with Crippen molar-refractivity contribution >= 4 is 0 Å². The summed E-state index contributed by atoms with van der Waals surface area (Å²) in [5, 5.41) is 0. The molecule has 0 atom stereocenters. The van der Waals surface area contributed by atoms with Crippen LogP contribution in [0.3, 0.4) is 0 Å². The molecule has 0 aliphatic heterocycles. The highest BCUT2D eigenvalue weighted by molar-refractivity contribution is 4.43. The predicted octanol–water partition coefficient (Wildman–Crippen LogP) is 2.23. The molecular weight excluding hydrogens is 112 g/mol. The van der Waals surface area contributed by atoms with Crippen LogP contribution in [-0.2, 0) is 4.74 Å². The summed E-state index contributed by atoms with van der Waals surface area (Å²) in [6.45, 7) is 8.79. The Bertz CT molecular complexity index is 37.8. The van der Waals surface area contributed by atoms with E-state index in [0.717, 1.165) is 19.4 Å². The molecule has 1 heteroatoms. The van der Waals surface area contributed by atoms with Gasteiger partial charge in [-0.1, -0.05) is 26.2 Å². The molecule has 0 saturated carbocycles. The minimum atomic E-state index is 0.602. The Morgan fingerprint density at radius 3 is 2.33 bits per heavy atom. The van der Waals surface area contributed by atoms with E-state index < -0.39 is 0 Å². The van der Waals surface area contributed by atoms with Crippen molar-refractivity contribution in [3.05, 3.63) is 13.8 Å². The third kappa shape index (κ3) is 7.96. The first-order valence-electron chi connectivity index (χ1n) is 3.58. The highest BCUT2D eigenvalue weighted by atomic mass is 16.5.